The Hall–Kier alpha value is -0.840. The maximum Gasteiger partial charge on any atom is 0.107 e. The molecule has 2 nitrogen and oxygen atoms in total. The van der Waals surface area contributed by atoms with E-state index in [-0.39, 0.29) is 0 Å². The van der Waals surface area contributed by atoms with E-state index in [1.165, 1.54) is 9.77 Å². The molecule has 2 rings (SSSR count). The predicted molar refractivity (Wildman–Crippen MR) is 70.0 cm³/mol. The zero-order valence-electron chi connectivity index (χ0n) is 9.36. The summed E-state index contributed by atoms with van der Waals surface area (Å²) in [6.07, 6.45) is 0. The second kappa shape index (κ2) is 4.99. The van der Waals surface area contributed by atoms with Crippen LogP contribution < -0.4 is 5.73 Å². The molecule has 2 heterocycles. The van der Waals surface area contributed by atoms with Crippen LogP contribution >= 0.6 is 23.1 Å². The molecule has 2 N–H and O–H groups in total. The predicted octanol–water partition coefficient (Wildman–Crippen LogP) is 3.37. The minimum absolute atomic E-state index is 0.548. The Kier molecular flexibility index (Phi) is 3.63. The lowest BCUT2D eigenvalue weighted by Crippen LogP contribution is -2.04. The molecule has 16 heavy (non-hydrogen) atoms. The summed E-state index contributed by atoms with van der Waals surface area (Å²) in [6, 6.07) is 6.24. The Morgan fingerprint density at radius 2 is 2.25 bits per heavy atom. The van der Waals surface area contributed by atoms with Crippen LogP contribution in [0.3, 0.4) is 0 Å². The van der Waals surface area contributed by atoms with Crippen LogP contribution in [-0.2, 0) is 6.54 Å². The van der Waals surface area contributed by atoms with Crippen LogP contribution in [-0.4, -0.2) is 4.98 Å². The first-order valence-corrected chi connectivity index (χ1v) is 6.79. The standard InChI is InChI=1S/C12H14N2S2/c1-8-6-9(2)14-12(10(8)7-13)16-11-4-3-5-15-11/h3-6H,7,13H2,1-2H3. The highest BCUT2D eigenvalue weighted by Gasteiger charge is 2.09. The number of hydrogen-bond acceptors (Lipinski definition) is 4. The van der Waals surface area contributed by atoms with Crippen molar-refractivity contribution >= 4 is 23.1 Å². The molecule has 0 atom stereocenters. The summed E-state index contributed by atoms with van der Waals surface area (Å²) >= 11 is 3.43. The Morgan fingerprint density at radius 1 is 1.44 bits per heavy atom. The highest BCUT2D eigenvalue weighted by molar-refractivity contribution is 8.01. The van der Waals surface area contributed by atoms with E-state index in [4.69, 9.17) is 5.73 Å². The topological polar surface area (TPSA) is 38.9 Å². The number of thiophene rings is 1. The Morgan fingerprint density at radius 3 is 2.88 bits per heavy atom. The summed E-state index contributed by atoms with van der Waals surface area (Å²) in [5.41, 5.74) is 9.22. The van der Waals surface area contributed by atoms with Crippen LogP contribution in [0, 0.1) is 13.8 Å². The van der Waals surface area contributed by atoms with Gasteiger partial charge in [0.2, 0.25) is 0 Å². The fraction of sp³-hybridized carbons (Fsp3) is 0.250. The summed E-state index contributed by atoms with van der Waals surface area (Å²) in [7, 11) is 0. The molecule has 0 bridgehead atoms. The number of hydrogen-bond donors (Lipinski definition) is 1. The molecule has 0 aliphatic heterocycles. The Labute approximate surface area is 104 Å². The number of aryl methyl sites for hydroxylation is 2. The second-order valence-electron chi connectivity index (χ2n) is 3.60. The van der Waals surface area contributed by atoms with E-state index in [1.807, 2.05) is 6.92 Å². The molecule has 0 amide bonds. The first kappa shape index (κ1) is 11.6. The largest absolute Gasteiger partial charge is 0.326 e. The molecule has 0 radical (unpaired) electrons. The summed E-state index contributed by atoms with van der Waals surface area (Å²) in [5.74, 6) is 0. The minimum atomic E-state index is 0.548. The van der Waals surface area contributed by atoms with Crippen LogP contribution in [0.1, 0.15) is 16.8 Å². The number of nitrogens with zero attached hydrogens (tertiary/aromatic N) is 1. The van der Waals surface area contributed by atoms with Crippen molar-refractivity contribution < 1.29 is 0 Å². The van der Waals surface area contributed by atoms with Gasteiger partial charge in [0.25, 0.3) is 0 Å². The summed E-state index contributed by atoms with van der Waals surface area (Å²) < 4.78 is 1.26. The third kappa shape index (κ3) is 2.45. The smallest absolute Gasteiger partial charge is 0.107 e. The van der Waals surface area contributed by atoms with Crippen molar-refractivity contribution in [2.75, 3.05) is 0 Å². The van der Waals surface area contributed by atoms with E-state index >= 15 is 0 Å². The average molecular weight is 250 g/mol. The van der Waals surface area contributed by atoms with Gasteiger partial charge in [0.15, 0.2) is 0 Å². The zero-order chi connectivity index (χ0) is 11.5. The van der Waals surface area contributed by atoms with E-state index < -0.39 is 0 Å². The van der Waals surface area contributed by atoms with Gasteiger partial charge in [-0.25, -0.2) is 4.98 Å². The van der Waals surface area contributed by atoms with Crippen LogP contribution in [0.25, 0.3) is 0 Å². The van der Waals surface area contributed by atoms with E-state index in [9.17, 15) is 0 Å². The minimum Gasteiger partial charge on any atom is -0.326 e. The van der Waals surface area contributed by atoms with Gasteiger partial charge < -0.3 is 5.73 Å². The highest BCUT2D eigenvalue weighted by Crippen LogP contribution is 2.33. The highest BCUT2D eigenvalue weighted by atomic mass is 32.2. The quantitative estimate of drug-likeness (QED) is 0.907. The van der Waals surface area contributed by atoms with Crippen molar-refractivity contribution in [2.45, 2.75) is 29.6 Å². The first-order chi connectivity index (χ1) is 7.70. The Bertz CT molecular complexity index is 478. The molecule has 84 valence electrons. The van der Waals surface area contributed by atoms with Crippen molar-refractivity contribution in [1.82, 2.24) is 4.98 Å². The zero-order valence-corrected chi connectivity index (χ0v) is 11.0. The van der Waals surface area contributed by atoms with Gasteiger partial charge in [0.05, 0.1) is 4.21 Å². The molecule has 2 aromatic rings. The van der Waals surface area contributed by atoms with Crippen LogP contribution in [0.15, 0.2) is 32.8 Å². The first-order valence-electron chi connectivity index (χ1n) is 5.09. The molecule has 0 unspecified atom stereocenters. The normalized spacial score (nSPS) is 10.7. The van der Waals surface area contributed by atoms with Crippen molar-refractivity contribution in [2.24, 2.45) is 5.73 Å². The van der Waals surface area contributed by atoms with Crippen molar-refractivity contribution in [1.29, 1.82) is 0 Å². The van der Waals surface area contributed by atoms with E-state index in [0.29, 0.717) is 6.54 Å². The monoisotopic (exact) mass is 250 g/mol. The van der Waals surface area contributed by atoms with Crippen molar-refractivity contribution in [3.63, 3.8) is 0 Å². The summed E-state index contributed by atoms with van der Waals surface area (Å²) in [6.45, 7) is 4.66. The molecule has 0 fully saturated rings. The van der Waals surface area contributed by atoms with Crippen molar-refractivity contribution in [3.05, 3.63) is 40.4 Å². The molecule has 0 saturated carbocycles. The molecule has 0 aromatic carbocycles. The van der Waals surface area contributed by atoms with E-state index in [2.05, 4.69) is 35.5 Å². The fourth-order valence-electron chi connectivity index (χ4n) is 1.58. The molecular weight excluding hydrogens is 236 g/mol. The maximum absolute atomic E-state index is 5.78. The number of aromatic nitrogens is 1. The van der Waals surface area contributed by atoms with E-state index in [1.54, 1.807) is 23.1 Å². The molecule has 0 aliphatic rings. The van der Waals surface area contributed by atoms with Crippen LogP contribution in [0.4, 0.5) is 0 Å². The summed E-state index contributed by atoms with van der Waals surface area (Å²) in [5, 5.41) is 3.12. The fourth-order valence-corrected chi connectivity index (χ4v) is 3.52. The summed E-state index contributed by atoms with van der Waals surface area (Å²) in [4.78, 5) is 4.57. The molecule has 0 spiro atoms. The van der Waals surface area contributed by atoms with E-state index in [0.717, 1.165) is 16.3 Å². The second-order valence-corrected chi connectivity index (χ2v) is 5.84. The lowest BCUT2D eigenvalue weighted by molar-refractivity contribution is 0.923. The Balaban J connectivity index is 2.39. The lowest BCUT2D eigenvalue weighted by Gasteiger charge is -2.09. The van der Waals surface area contributed by atoms with Gasteiger partial charge >= 0.3 is 0 Å². The van der Waals surface area contributed by atoms with Gasteiger partial charge in [0.1, 0.15) is 5.03 Å². The SMILES string of the molecule is Cc1cc(C)c(CN)c(Sc2cccs2)n1. The van der Waals surface area contributed by atoms with Gasteiger partial charge in [-0.2, -0.15) is 0 Å². The van der Waals surface area contributed by atoms with Crippen LogP contribution in [0.5, 0.6) is 0 Å². The van der Waals surface area contributed by atoms with Gasteiger partial charge in [-0.1, -0.05) is 17.8 Å². The van der Waals surface area contributed by atoms with Crippen LogP contribution in [0.2, 0.25) is 0 Å². The number of nitrogens with two attached hydrogens (primary N) is 1. The molecular formula is C12H14N2S2. The van der Waals surface area contributed by atoms with Gasteiger partial charge in [-0.15, -0.1) is 11.3 Å². The van der Waals surface area contributed by atoms with Gasteiger partial charge in [-0.05, 0) is 36.9 Å². The van der Waals surface area contributed by atoms with Gasteiger partial charge in [0, 0.05) is 17.8 Å². The molecule has 4 heteroatoms. The number of rotatable bonds is 3. The molecule has 0 aliphatic carbocycles. The third-order valence-electron chi connectivity index (χ3n) is 2.33. The molecule has 0 saturated heterocycles. The molecule has 2 aromatic heterocycles. The third-order valence-corrected chi connectivity index (χ3v) is 4.40. The maximum atomic E-state index is 5.78. The average Bonchev–Trinajstić information content (AvgIpc) is 2.70. The van der Waals surface area contributed by atoms with Crippen molar-refractivity contribution in [3.8, 4) is 0 Å². The number of pyridine rings is 1. The van der Waals surface area contributed by atoms with Gasteiger partial charge in [-0.3, -0.25) is 0 Å². The lowest BCUT2D eigenvalue weighted by atomic mass is 10.1.